The second-order valence-corrected chi connectivity index (χ2v) is 9.35. The summed E-state index contributed by atoms with van der Waals surface area (Å²) in [6.45, 7) is 6.90. The van der Waals surface area contributed by atoms with E-state index in [-0.39, 0.29) is 22.5 Å². The average Bonchev–Trinajstić information content (AvgIpc) is 3.14. The minimum Gasteiger partial charge on any atom is -0.355 e. The minimum absolute atomic E-state index is 0.0141. The highest BCUT2D eigenvalue weighted by molar-refractivity contribution is 7.99. The number of alkyl halides is 3. The Morgan fingerprint density at radius 2 is 1.88 bits per heavy atom. The zero-order valence-corrected chi connectivity index (χ0v) is 19.3. The highest BCUT2D eigenvalue weighted by Crippen LogP contribution is 2.36. The Bertz CT molecular complexity index is 894. The van der Waals surface area contributed by atoms with Gasteiger partial charge in [0.05, 0.1) is 23.5 Å². The molecule has 1 aliphatic rings. The van der Waals surface area contributed by atoms with Crippen LogP contribution in [0.4, 0.5) is 13.2 Å². The van der Waals surface area contributed by atoms with Gasteiger partial charge in [-0.05, 0) is 50.4 Å². The first-order chi connectivity index (χ1) is 15.3. The third kappa shape index (κ3) is 6.71. The summed E-state index contributed by atoms with van der Waals surface area (Å²) in [6, 6.07) is 5.43. The molecule has 0 spiro atoms. The predicted molar refractivity (Wildman–Crippen MR) is 119 cm³/mol. The quantitative estimate of drug-likeness (QED) is 0.547. The molecule has 0 aliphatic carbocycles. The van der Waals surface area contributed by atoms with Crippen molar-refractivity contribution in [1.82, 2.24) is 25.0 Å². The third-order valence-electron chi connectivity index (χ3n) is 5.34. The predicted octanol–water partition coefficient (Wildman–Crippen LogP) is 4.53. The summed E-state index contributed by atoms with van der Waals surface area (Å²) in [6.07, 6.45) is -0.366. The van der Waals surface area contributed by atoms with E-state index in [1.54, 1.807) is 6.07 Å². The van der Waals surface area contributed by atoms with Crippen LogP contribution >= 0.6 is 11.8 Å². The van der Waals surface area contributed by atoms with E-state index >= 15 is 0 Å². The molecule has 0 radical (unpaired) electrons. The number of carbonyl (C=O) groups is 1. The maximum atomic E-state index is 13.7. The second-order valence-electron chi connectivity index (χ2n) is 8.41. The number of piperidine rings is 1. The van der Waals surface area contributed by atoms with Crippen LogP contribution in [-0.2, 0) is 17.5 Å². The second kappa shape index (κ2) is 11.2. The van der Waals surface area contributed by atoms with Crippen molar-refractivity contribution in [2.24, 2.45) is 5.92 Å². The van der Waals surface area contributed by atoms with Gasteiger partial charge in [-0.1, -0.05) is 44.2 Å². The van der Waals surface area contributed by atoms with Crippen LogP contribution in [0.25, 0.3) is 5.69 Å². The van der Waals surface area contributed by atoms with Crippen LogP contribution < -0.4 is 5.32 Å². The van der Waals surface area contributed by atoms with Crippen LogP contribution in [0.5, 0.6) is 0 Å². The summed E-state index contributed by atoms with van der Waals surface area (Å²) in [5.74, 6) is 0.814. The Balaban J connectivity index is 1.85. The van der Waals surface area contributed by atoms with E-state index in [0.717, 1.165) is 56.6 Å². The van der Waals surface area contributed by atoms with Crippen LogP contribution in [0.2, 0.25) is 0 Å². The molecule has 1 aromatic carbocycles. The standard InChI is InChI=1S/C22H30F3N5OS/c1-16(2)10-11-26-20(31)15-32-21-28-27-19(14-29-12-6-3-7-13-29)30(21)18-9-5-4-8-17(18)22(23,24)25/h4-5,8-9,16H,3,6-7,10-15H2,1-2H3,(H,26,31). The van der Waals surface area contributed by atoms with Crippen molar-refractivity contribution in [3.8, 4) is 5.69 Å². The van der Waals surface area contributed by atoms with E-state index in [4.69, 9.17) is 0 Å². The van der Waals surface area contributed by atoms with Crippen LogP contribution in [0.1, 0.15) is 50.9 Å². The van der Waals surface area contributed by atoms with Gasteiger partial charge in [0.2, 0.25) is 5.91 Å². The van der Waals surface area contributed by atoms with Crippen molar-refractivity contribution in [2.45, 2.75) is 57.4 Å². The highest BCUT2D eigenvalue weighted by Gasteiger charge is 2.35. The summed E-state index contributed by atoms with van der Waals surface area (Å²) >= 11 is 1.10. The number of benzene rings is 1. The molecule has 1 aliphatic heterocycles. The Hall–Kier alpha value is -2.07. The number of thioether (sulfide) groups is 1. The van der Waals surface area contributed by atoms with E-state index in [0.29, 0.717) is 24.8 Å². The lowest BCUT2D eigenvalue weighted by molar-refractivity contribution is -0.137. The third-order valence-corrected chi connectivity index (χ3v) is 6.27. The first-order valence-electron chi connectivity index (χ1n) is 11.0. The molecule has 10 heteroatoms. The van der Waals surface area contributed by atoms with Crippen molar-refractivity contribution >= 4 is 17.7 Å². The van der Waals surface area contributed by atoms with Gasteiger partial charge in [-0.2, -0.15) is 13.2 Å². The van der Waals surface area contributed by atoms with E-state index in [9.17, 15) is 18.0 Å². The number of nitrogens with zero attached hydrogens (tertiary/aromatic N) is 4. The number of rotatable bonds is 9. The van der Waals surface area contributed by atoms with Crippen LogP contribution in [0.3, 0.4) is 0 Å². The van der Waals surface area contributed by atoms with Gasteiger partial charge in [0.25, 0.3) is 0 Å². The number of para-hydroxylation sites is 1. The SMILES string of the molecule is CC(C)CCNC(=O)CSc1nnc(CN2CCCCC2)n1-c1ccccc1C(F)(F)F. The molecular weight excluding hydrogens is 439 g/mol. The molecule has 1 fully saturated rings. The molecule has 0 saturated carbocycles. The average molecular weight is 470 g/mol. The number of hydrogen-bond acceptors (Lipinski definition) is 5. The Labute approximate surface area is 191 Å². The van der Waals surface area contributed by atoms with Crippen molar-refractivity contribution in [3.05, 3.63) is 35.7 Å². The Morgan fingerprint density at radius 3 is 2.56 bits per heavy atom. The molecule has 1 amide bonds. The number of amides is 1. The lowest BCUT2D eigenvalue weighted by atomic mass is 10.1. The monoisotopic (exact) mass is 469 g/mol. The number of halogens is 3. The van der Waals surface area contributed by atoms with Crippen molar-refractivity contribution in [1.29, 1.82) is 0 Å². The maximum Gasteiger partial charge on any atom is 0.418 e. The van der Waals surface area contributed by atoms with E-state index in [1.165, 1.54) is 16.7 Å². The minimum atomic E-state index is -4.51. The molecule has 176 valence electrons. The fourth-order valence-electron chi connectivity index (χ4n) is 3.65. The highest BCUT2D eigenvalue weighted by atomic mass is 32.2. The number of nitrogens with one attached hydrogen (secondary N) is 1. The first kappa shape index (κ1) is 24.6. The normalized spacial score (nSPS) is 15.3. The molecule has 0 bridgehead atoms. The zero-order chi connectivity index (χ0) is 23.1. The topological polar surface area (TPSA) is 63.1 Å². The smallest absolute Gasteiger partial charge is 0.355 e. The van der Waals surface area contributed by atoms with Gasteiger partial charge in [0.15, 0.2) is 11.0 Å². The molecule has 6 nitrogen and oxygen atoms in total. The maximum absolute atomic E-state index is 13.7. The number of hydrogen-bond donors (Lipinski definition) is 1. The molecule has 1 aromatic heterocycles. The van der Waals surface area contributed by atoms with Gasteiger partial charge in [-0.15, -0.1) is 10.2 Å². The van der Waals surface area contributed by atoms with Crippen LogP contribution in [0.15, 0.2) is 29.4 Å². The fourth-order valence-corrected chi connectivity index (χ4v) is 4.44. The molecule has 2 aromatic rings. The number of aromatic nitrogens is 3. The van der Waals surface area contributed by atoms with E-state index in [2.05, 4.69) is 34.3 Å². The van der Waals surface area contributed by atoms with Gasteiger partial charge in [0, 0.05) is 6.54 Å². The lowest BCUT2D eigenvalue weighted by Gasteiger charge is -2.26. The molecule has 32 heavy (non-hydrogen) atoms. The van der Waals surface area contributed by atoms with Gasteiger partial charge < -0.3 is 5.32 Å². The fraction of sp³-hybridized carbons (Fsp3) is 0.591. The van der Waals surface area contributed by atoms with Crippen molar-refractivity contribution in [2.75, 3.05) is 25.4 Å². The molecule has 3 rings (SSSR count). The summed E-state index contributed by atoms with van der Waals surface area (Å²) < 4.78 is 42.7. The molecule has 1 N–H and O–H groups in total. The van der Waals surface area contributed by atoms with Crippen LogP contribution in [0, 0.1) is 5.92 Å². The van der Waals surface area contributed by atoms with Gasteiger partial charge >= 0.3 is 6.18 Å². The number of carbonyl (C=O) groups excluding carboxylic acids is 1. The van der Waals surface area contributed by atoms with Gasteiger partial charge in [0.1, 0.15) is 0 Å². The number of likely N-dealkylation sites (tertiary alicyclic amines) is 1. The molecule has 0 unspecified atom stereocenters. The van der Waals surface area contributed by atoms with Gasteiger partial charge in [-0.25, -0.2) is 0 Å². The lowest BCUT2D eigenvalue weighted by Crippen LogP contribution is -2.30. The van der Waals surface area contributed by atoms with E-state index in [1.807, 2.05) is 0 Å². The molecule has 1 saturated heterocycles. The van der Waals surface area contributed by atoms with Crippen molar-refractivity contribution < 1.29 is 18.0 Å². The van der Waals surface area contributed by atoms with Crippen LogP contribution in [-0.4, -0.2) is 51.0 Å². The zero-order valence-electron chi connectivity index (χ0n) is 18.5. The molecular formula is C22H30F3N5OS. The Morgan fingerprint density at radius 1 is 1.16 bits per heavy atom. The first-order valence-corrected chi connectivity index (χ1v) is 12.0. The largest absolute Gasteiger partial charge is 0.418 e. The Kier molecular flexibility index (Phi) is 8.58. The van der Waals surface area contributed by atoms with Crippen molar-refractivity contribution in [3.63, 3.8) is 0 Å². The molecule has 2 heterocycles. The summed E-state index contributed by atoms with van der Waals surface area (Å²) in [5.41, 5.74) is -0.761. The van der Waals surface area contributed by atoms with E-state index < -0.39 is 11.7 Å². The molecule has 0 atom stereocenters. The van der Waals surface area contributed by atoms with Gasteiger partial charge in [-0.3, -0.25) is 14.3 Å². The summed E-state index contributed by atoms with van der Waals surface area (Å²) in [4.78, 5) is 14.4. The summed E-state index contributed by atoms with van der Waals surface area (Å²) in [5, 5.41) is 11.5. The summed E-state index contributed by atoms with van der Waals surface area (Å²) in [7, 11) is 0.